The first-order valence-corrected chi connectivity index (χ1v) is 44.2. The van der Waals surface area contributed by atoms with E-state index in [1.165, 1.54) is 0 Å². The fourth-order valence-electron chi connectivity index (χ4n) is 14.2. The number of nitrogens with zero attached hydrogens (tertiary/aromatic N) is 1. The van der Waals surface area contributed by atoms with Crippen LogP contribution >= 0.6 is 0 Å². The molecule has 0 bridgehead atoms. The number of hydrogen-bond donors (Lipinski definition) is 11. The van der Waals surface area contributed by atoms with Crippen LogP contribution in [0.3, 0.4) is 0 Å². The standard InChI is InChI=1S/C89H112N8O26Si/c1-88(2,3)123-87(107)95-66-40-39-59(45-91-66)44-90-41-42-108-77-75(121-79-67(96-85(105)113-50-57-33-21-12-22-34-57)71(100)70(99)63(116-79)46-92-82(102)110-47-54-27-15-9-16-28-54)65(53-115-124(7,8)89(4,5)6)118-81(77)122-76-69(98)61(93-83(103)111-48-55-29-17-10-18-30-55)43-62(94-84(104)112-49-56-31-19-11-20-32-56)73(76)119-80-68(97-86(106)114-51-58-35-23-13-24-36-58)72(101)74-64(117-80)52-109-78(120-74)60-37-25-14-26-38-60/h9-40,45,61-65,67-81,90,98-101H,41-44,46-53H2,1-8H3,(H,92,102)(H,93,103)(H,94,104)(H,96,105)(H,97,106)(H,91,95,107)/t61-,62+,63+,64-,65-,67-,68-,69+,70-,71-,72-,73-,74-,75-,76-,77-,78?,79-,80-,81+/m1/s1. The smallest absolute Gasteiger partial charge is 0.413 e. The summed E-state index contributed by atoms with van der Waals surface area (Å²) < 4.78 is 103. The van der Waals surface area contributed by atoms with Crippen molar-refractivity contribution in [3.8, 4) is 0 Å². The lowest BCUT2D eigenvalue weighted by Gasteiger charge is -2.51. The topological polar surface area (TPSA) is 428 Å². The second kappa shape index (κ2) is 44.0. The molecular weight excluding hydrogens is 1630 g/mol. The number of rotatable bonds is 33. The Kier molecular flexibility index (Phi) is 33.0. The maximum Gasteiger partial charge on any atom is 0.413 e. The number of aliphatic hydroxyl groups is 4. The largest absolute Gasteiger partial charge is 0.445 e. The van der Waals surface area contributed by atoms with Crippen molar-refractivity contribution in [3.63, 3.8) is 0 Å². The van der Waals surface area contributed by atoms with Gasteiger partial charge in [0.25, 0.3) is 0 Å². The monoisotopic (exact) mass is 1740 g/mol. The molecule has 20 atom stereocenters. The second-order valence-corrected chi connectivity index (χ2v) is 37.9. The van der Waals surface area contributed by atoms with Gasteiger partial charge in [0.1, 0.15) is 130 Å². The number of fused-ring (bicyclic) bond motifs is 1. The molecule has 124 heavy (non-hydrogen) atoms. The van der Waals surface area contributed by atoms with Crippen molar-refractivity contribution in [3.05, 3.63) is 239 Å². The van der Waals surface area contributed by atoms with Crippen LogP contribution in [0.15, 0.2) is 200 Å². The van der Waals surface area contributed by atoms with Crippen LogP contribution in [0.2, 0.25) is 18.1 Å². The van der Waals surface area contributed by atoms with Crippen LogP contribution in [-0.2, 0) is 115 Å². The molecule has 1 aromatic heterocycles. The fourth-order valence-corrected chi connectivity index (χ4v) is 15.2. The Morgan fingerprint density at radius 1 is 0.468 bits per heavy atom. The van der Waals surface area contributed by atoms with Gasteiger partial charge in [-0.1, -0.05) is 209 Å². The first kappa shape index (κ1) is 92.9. The molecule has 668 valence electrons. The van der Waals surface area contributed by atoms with Crippen molar-refractivity contribution in [2.24, 2.45) is 0 Å². The predicted octanol–water partition coefficient (Wildman–Crippen LogP) is 9.32. The molecule has 0 radical (unpaired) electrons. The lowest BCUT2D eigenvalue weighted by Crippen LogP contribution is -2.71. The molecule has 5 heterocycles. The number of benzene rings is 6. The van der Waals surface area contributed by atoms with Crippen LogP contribution < -0.4 is 37.2 Å². The van der Waals surface area contributed by atoms with Gasteiger partial charge in [0.15, 0.2) is 33.5 Å². The summed E-state index contributed by atoms with van der Waals surface area (Å²) in [6, 6.07) is 50.1. The van der Waals surface area contributed by atoms with Crippen LogP contribution in [0.1, 0.15) is 93.2 Å². The molecule has 6 aromatic carbocycles. The highest BCUT2D eigenvalue weighted by Gasteiger charge is 2.59. The minimum atomic E-state index is -2.86. The number of alkyl carbamates (subject to hydrolysis) is 5. The molecule has 5 fully saturated rings. The molecule has 6 amide bonds. The Morgan fingerprint density at radius 2 is 0.935 bits per heavy atom. The maximum atomic E-state index is 14.8. The first-order chi connectivity index (χ1) is 59.6. The Labute approximate surface area is 720 Å². The van der Waals surface area contributed by atoms with E-state index in [0.717, 1.165) is 0 Å². The quantitative estimate of drug-likeness (QED) is 0.0104. The highest BCUT2D eigenvalue weighted by atomic mass is 28.4. The highest BCUT2D eigenvalue weighted by Crippen LogP contribution is 2.42. The van der Waals surface area contributed by atoms with Crippen LogP contribution in [0.5, 0.6) is 0 Å². The molecular formula is C89H112N8O26Si. The normalized spacial score (nSPS) is 26.9. The van der Waals surface area contributed by atoms with Gasteiger partial charge < -0.3 is 128 Å². The number of pyridine rings is 1. The minimum Gasteiger partial charge on any atom is -0.445 e. The number of hydrogen-bond acceptors (Lipinski definition) is 28. The number of carbonyl (C=O) groups excluding carboxylic acids is 6. The van der Waals surface area contributed by atoms with Crippen molar-refractivity contribution in [1.82, 2.24) is 36.9 Å². The number of ether oxygens (including phenoxy) is 15. The SMILES string of the molecule is CC(C)(C)OC(=O)Nc1ccc(CNCCO[C@H]2[C@H](O[C@@H]3[C@@H](O)[C@H](NC(=O)OCc4ccccc4)C[C@H](NC(=O)OCc4ccccc4)[C@H]3O[C@H]3O[C@@H]4COC(c5ccccc5)O[C@H]4[C@H](O)[C@H]3NC(=O)OCc3ccccc3)O[C@H](CO[Si](C)(C)C(C)(C)C)[C@H]2O[C@H]2O[C@@H](CNC(=O)OCc3ccccc3)[C@@H](O)[C@H](O)[C@H]2NC(=O)OCc2ccccc2)cn1. The van der Waals surface area contributed by atoms with Gasteiger partial charge in [-0.25, -0.2) is 33.8 Å². The molecule has 1 aliphatic carbocycles. The number of aromatic nitrogens is 1. The summed E-state index contributed by atoms with van der Waals surface area (Å²) in [6.07, 6.45) is -30.6. The van der Waals surface area contributed by atoms with Crippen LogP contribution in [0.4, 0.5) is 34.6 Å². The molecule has 1 unspecified atom stereocenters. The molecule has 1 saturated carbocycles. The van der Waals surface area contributed by atoms with E-state index in [4.69, 9.17) is 75.5 Å². The highest BCUT2D eigenvalue weighted by molar-refractivity contribution is 6.74. The molecule has 11 N–H and O–H groups in total. The van der Waals surface area contributed by atoms with Gasteiger partial charge in [-0.15, -0.1) is 0 Å². The summed E-state index contributed by atoms with van der Waals surface area (Å²) in [4.78, 5) is 88.4. The van der Waals surface area contributed by atoms with Gasteiger partial charge in [0.05, 0.1) is 31.9 Å². The van der Waals surface area contributed by atoms with E-state index in [0.29, 0.717) is 38.9 Å². The van der Waals surface area contributed by atoms with Crippen molar-refractivity contribution in [2.45, 2.75) is 234 Å². The lowest BCUT2D eigenvalue weighted by molar-refractivity contribution is -0.358. The molecule has 4 saturated heterocycles. The Hall–Kier alpha value is -10.3. The third-order valence-corrected chi connectivity index (χ3v) is 26.2. The van der Waals surface area contributed by atoms with Gasteiger partial charge in [-0.05, 0) is 84.8 Å². The summed E-state index contributed by atoms with van der Waals surface area (Å²) in [5.41, 5.74) is 3.64. The summed E-state index contributed by atoms with van der Waals surface area (Å²) in [5, 5.41) is 70.2. The molecule has 35 heteroatoms. The summed E-state index contributed by atoms with van der Waals surface area (Å²) in [6.45, 7) is 13.2. The van der Waals surface area contributed by atoms with Crippen LogP contribution in [0.25, 0.3) is 0 Å². The second-order valence-electron chi connectivity index (χ2n) is 33.1. The summed E-state index contributed by atoms with van der Waals surface area (Å²) in [5.74, 6) is 0.228. The molecule has 34 nitrogen and oxygen atoms in total. The Bertz CT molecular complexity index is 4500. The van der Waals surface area contributed by atoms with Crippen molar-refractivity contribution >= 4 is 50.7 Å². The number of aliphatic hydroxyl groups excluding tert-OH is 4. The zero-order chi connectivity index (χ0) is 87.9. The summed E-state index contributed by atoms with van der Waals surface area (Å²) >= 11 is 0. The third kappa shape index (κ3) is 26.6. The zero-order valence-corrected chi connectivity index (χ0v) is 71.3. The van der Waals surface area contributed by atoms with E-state index in [9.17, 15) is 49.2 Å². The van der Waals surface area contributed by atoms with Gasteiger partial charge in [-0.2, -0.15) is 0 Å². The number of anilines is 1. The summed E-state index contributed by atoms with van der Waals surface area (Å²) in [7, 11) is -2.86. The Balaban J connectivity index is 0.938. The van der Waals surface area contributed by atoms with E-state index in [-0.39, 0.29) is 71.8 Å². The minimum absolute atomic E-state index is 0.0482. The number of nitrogens with one attached hydrogen (secondary N) is 7. The van der Waals surface area contributed by atoms with E-state index >= 15 is 0 Å². The van der Waals surface area contributed by atoms with Crippen molar-refractivity contribution in [1.29, 1.82) is 0 Å². The average Bonchev–Trinajstić information content (AvgIpc) is 1.44. The van der Waals surface area contributed by atoms with E-state index in [2.05, 4.69) is 42.2 Å². The Morgan fingerprint density at radius 3 is 1.44 bits per heavy atom. The maximum absolute atomic E-state index is 14.8. The predicted molar refractivity (Wildman–Crippen MR) is 447 cm³/mol. The average molecular weight is 1740 g/mol. The van der Waals surface area contributed by atoms with Crippen molar-refractivity contribution < 1.29 is 125 Å². The van der Waals surface area contributed by atoms with Crippen molar-refractivity contribution in [2.75, 3.05) is 38.2 Å². The molecule has 0 spiro atoms. The van der Waals surface area contributed by atoms with Gasteiger partial charge in [0.2, 0.25) is 0 Å². The van der Waals surface area contributed by atoms with E-state index in [1.807, 2.05) is 39.9 Å². The fraction of sp³-hybridized carbons (Fsp3) is 0.472. The number of amides is 6. The third-order valence-electron chi connectivity index (χ3n) is 21.7. The lowest BCUT2D eigenvalue weighted by atomic mass is 9.83. The molecule has 5 aliphatic rings. The zero-order valence-electron chi connectivity index (χ0n) is 70.3. The molecule has 7 aromatic rings. The van der Waals surface area contributed by atoms with Gasteiger partial charge in [-0.3, -0.25) is 5.32 Å². The van der Waals surface area contributed by atoms with E-state index < -0.39 is 191 Å². The van der Waals surface area contributed by atoms with Gasteiger partial charge in [0, 0.05) is 31.4 Å². The van der Waals surface area contributed by atoms with E-state index in [1.54, 1.807) is 215 Å². The van der Waals surface area contributed by atoms with Crippen LogP contribution in [-0.4, -0.2) is 225 Å². The molecule has 12 rings (SSSR count). The number of carbonyl (C=O) groups is 6. The first-order valence-electron chi connectivity index (χ1n) is 41.3. The van der Waals surface area contributed by atoms with Crippen LogP contribution in [0, 0.1) is 0 Å². The van der Waals surface area contributed by atoms with Gasteiger partial charge >= 0.3 is 36.6 Å². The molecule has 4 aliphatic heterocycles.